The maximum absolute atomic E-state index is 12.9. The van der Waals surface area contributed by atoms with Gasteiger partial charge in [-0.05, 0) is 52.3 Å². The van der Waals surface area contributed by atoms with E-state index in [0.29, 0.717) is 35.9 Å². The average molecular weight is 529 g/mol. The topological polar surface area (TPSA) is 105 Å². The van der Waals surface area contributed by atoms with Crippen LogP contribution < -0.4 is 16.0 Å². The van der Waals surface area contributed by atoms with E-state index in [9.17, 15) is 14.9 Å². The van der Waals surface area contributed by atoms with E-state index in [1.807, 2.05) is 31.5 Å². The smallest absolute Gasteiger partial charge is 0.349 e. The number of benzene rings is 1. The van der Waals surface area contributed by atoms with Crippen LogP contribution in [-0.4, -0.2) is 53.7 Å². The number of imidazole rings is 1. The van der Waals surface area contributed by atoms with Gasteiger partial charge in [0.1, 0.15) is 17.0 Å². The average Bonchev–Trinajstić information content (AvgIpc) is 3.28. The van der Waals surface area contributed by atoms with E-state index in [1.54, 1.807) is 13.1 Å². The van der Waals surface area contributed by atoms with E-state index in [-0.39, 0.29) is 35.7 Å². The predicted octanol–water partition coefficient (Wildman–Crippen LogP) is 3.04. The second-order valence-corrected chi connectivity index (χ2v) is 10.8. The van der Waals surface area contributed by atoms with Gasteiger partial charge < -0.3 is 14.0 Å². The standard InChI is InChI=1S/C29H36N8O2/c1-8-35-25(11-12-30)31-26-27(32-29(39)34(7)28(26)35)37-16-18(3)36(15-19(37)4)20(5)21-9-10-22-23(14-21)33(6)17(2)13-24(22)38/h9-10,13-14,18-20H,8,11,15-16H2,1-7H3/t18-,19+,20?/m1/s1. The molecule has 0 bridgehead atoms. The number of anilines is 1. The summed E-state index contributed by atoms with van der Waals surface area (Å²) < 4.78 is 5.53. The van der Waals surface area contributed by atoms with Crippen molar-refractivity contribution in [1.29, 1.82) is 5.26 Å². The van der Waals surface area contributed by atoms with Gasteiger partial charge in [-0.1, -0.05) is 6.07 Å². The monoisotopic (exact) mass is 528 g/mol. The van der Waals surface area contributed by atoms with Gasteiger partial charge in [-0.3, -0.25) is 14.3 Å². The Labute approximate surface area is 227 Å². The summed E-state index contributed by atoms with van der Waals surface area (Å²) in [5, 5.41) is 10.1. The zero-order chi connectivity index (χ0) is 28.2. The fourth-order valence-electron chi connectivity index (χ4n) is 6.06. The fourth-order valence-corrected chi connectivity index (χ4v) is 6.06. The lowest BCUT2D eigenvalue weighted by Crippen LogP contribution is -2.57. The highest BCUT2D eigenvalue weighted by molar-refractivity contribution is 5.85. The normalized spacial score (nSPS) is 19.1. The minimum Gasteiger partial charge on any atom is -0.349 e. The first-order valence-corrected chi connectivity index (χ1v) is 13.5. The Hall–Kier alpha value is -3.97. The first-order valence-electron chi connectivity index (χ1n) is 13.5. The second kappa shape index (κ2) is 9.97. The summed E-state index contributed by atoms with van der Waals surface area (Å²) in [5.74, 6) is 1.23. The molecule has 204 valence electrons. The molecular weight excluding hydrogens is 492 g/mol. The highest BCUT2D eigenvalue weighted by Gasteiger charge is 2.35. The van der Waals surface area contributed by atoms with E-state index in [2.05, 4.69) is 58.3 Å². The van der Waals surface area contributed by atoms with E-state index in [1.165, 1.54) is 4.57 Å². The van der Waals surface area contributed by atoms with Crippen molar-refractivity contribution in [3.8, 4) is 6.07 Å². The number of nitriles is 1. The van der Waals surface area contributed by atoms with Gasteiger partial charge in [-0.2, -0.15) is 10.2 Å². The van der Waals surface area contributed by atoms with E-state index < -0.39 is 0 Å². The quantitative estimate of drug-likeness (QED) is 0.392. The molecule has 39 heavy (non-hydrogen) atoms. The van der Waals surface area contributed by atoms with E-state index in [4.69, 9.17) is 4.98 Å². The summed E-state index contributed by atoms with van der Waals surface area (Å²) in [6.07, 6.45) is 0.171. The van der Waals surface area contributed by atoms with Crippen LogP contribution in [0.25, 0.3) is 22.1 Å². The molecule has 0 N–H and O–H groups in total. The third-order valence-corrected chi connectivity index (χ3v) is 8.40. The maximum Gasteiger partial charge on any atom is 0.350 e. The second-order valence-electron chi connectivity index (χ2n) is 10.8. The van der Waals surface area contributed by atoms with Crippen molar-refractivity contribution in [3.63, 3.8) is 0 Å². The summed E-state index contributed by atoms with van der Waals surface area (Å²) in [7, 11) is 3.70. The fraction of sp³-hybridized carbons (Fsp3) is 0.483. The van der Waals surface area contributed by atoms with Crippen LogP contribution in [0.5, 0.6) is 0 Å². The maximum atomic E-state index is 12.9. The van der Waals surface area contributed by atoms with E-state index >= 15 is 0 Å². The van der Waals surface area contributed by atoms with Gasteiger partial charge in [0.25, 0.3) is 0 Å². The molecule has 0 radical (unpaired) electrons. The lowest BCUT2D eigenvalue weighted by molar-refractivity contribution is 0.119. The van der Waals surface area contributed by atoms with Crippen LogP contribution in [0.15, 0.2) is 33.9 Å². The Morgan fingerprint density at radius 3 is 2.51 bits per heavy atom. The molecule has 1 unspecified atom stereocenters. The summed E-state index contributed by atoms with van der Waals surface area (Å²) in [5.41, 5.74) is 4.11. The van der Waals surface area contributed by atoms with Gasteiger partial charge in [0, 0.05) is 69.0 Å². The van der Waals surface area contributed by atoms with Crippen LogP contribution in [0, 0.1) is 18.3 Å². The summed E-state index contributed by atoms with van der Waals surface area (Å²) >= 11 is 0. The number of pyridine rings is 1. The van der Waals surface area contributed by atoms with Crippen LogP contribution in [0.3, 0.4) is 0 Å². The Morgan fingerprint density at radius 2 is 1.82 bits per heavy atom. The van der Waals surface area contributed by atoms with Crippen molar-refractivity contribution in [2.75, 3.05) is 18.0 Å². The van der Waals surface area contributed by atoms with E-state index in [0.717, 1.165) is 28.7 Å². The molecule has 1 fully saturated rings. The molecule has 5 rings (SSSR count). The SMILES string of the molecule is CCn1c(CC#N)nc2c(N3C[C@@H](C)N(C(C)c4ccc5c(=O)cc(C)n(C)c5c4)C[C@@H]3C)nc(=O)n(C)c21. The highest BCUT2D eigenvalue weighted by atomic mass is 16.1. The number of nitrogens with zero attached hydrogens (tertiary/aromatic N) is 8. The van der Waals surface area contributed by atoms with Crippen LogP contribution in [0.2, 0.25) is 0 Å². The number of rotatable bonds is 5. The number of hydrogen-bond donors (Lipinski definition) is 0. The van der Waals surface area contributed by atoms with Gasteiger partial charge in [0.2, 0.25) is 0 Å². The van der Waals surface area contributed by atoms with Crippen molar-refractivity contribution in [1.82, 2.24) is 28.6 Å². The number of aromatic nitrogens is 5. The Bertz CT molecular complexity index is 1740. The van der Waals surface area contributed by atoms with Crippen molar-refractivity contribution in [2.45, 2.75) is 65.7 Å². The van der Waals surface area contributed by atoms with Crippen molar-refractivity contribution in [2.24, 2.45) is 14.1 Å². The molecule has 1 saturated heterocycles. The number of fused-ring (bicyclic) bond motifs is 2. The molecule has 10 heteroatoms. The molecule has 0 spiro atoms. The number of aryl methyl sites for hydroxylation is 4. The Kier molecular flexibility index (Phi) is 6.81. The van der Waals surface area contributed by atoms with Gasteiger partial charge in [-0.15, -0.1) is 0 Å². The molecule has 0 saturated carbocycles. The Balaban J connectivity index is 1.50. The van der Waals surface area contributed by atoms with Gasteiger partial charge in [0.05, 0.1) is 18.0 Å². The molecule has 10 nitrogen and oxygen atoms in total. The minimum absolute atomic E-state index is 0.0478. The summed E-state index contributed by atoms with van der Waals surface area (Å²) in [6, 6.07) is 10.4. The first-order chi connectivity index (χ1) is 18.6. The van der Waals surface area contributed by atoms with Gasteiger partial charge in [0.15, 0.2) is 11.2 Å². The Morgan fingerprint density at radius 1 is 1.08 bits per heavy atom. The molecule has 3 atom stereocenters. The van der Waals surface area contributed by atoms with Crippen LogP contribution in [0.1, 0.15) is 50.8 Å². The predicted molar refractivity (Wildman–Crippen MR) is 153 cm³/mol. The highest BCUT2D eigenvalue weighted by Crippen LogP contribution is 2.32. The molecule has 1 aromatic carbocycles. The molecule has 0 aliphatic carbocycles. The zero-order valence-electron chi connectivity index (χ0n) is 23.8. The molecule has 4 heterocycles. The molecule has 1 aliphatic rings. The molecule has 1 aliphatic heterocycles. The number of hydrogen-bond acceptors (Lipinski definition) is 7. The van der Waals surface area contributed by atoms with Gasteiger partial charge in [-0.25, -0.2) is 9.78 Å². The largest absolute Gasteiger partial charge is 0.350 e. The van der Waals surface area contributed by atoms with Crippen molar-refractivity contribution in [3.05, 3.63) is 62.1 Å². The third-order valence-electron chi connectivity index (χ3n) is 8.40. The first kappa shape index (κ1) is 26.6. The summed E-state index contributed by atoms with van der Waals surface area (Å²) in [4.78, 5) is 39.4. The van der Waals surface area contributed by atoms with Gasteiger partial charge >= 0.3 is 5.69 Å². The molecule has 4 aromatic rings. The molecular formula is C29H36N8O2. The van der Waals surface area contributed by atoms with Crippen LogP contribution >= 0.6 is 0 Å². The van der Waals surface area contributed by atoms with Crippen molar-refractivity contribution >= 4 is 27.9 Å². The summed E-state index contributed by atoms with van der Waals surface area (Å²) in [6.45, 7) is 12.6. The lowest BCUT2D eigenvalue weighted by atomic mass is 9.99. The molecule has 0 amide bonds. The van der Waals surface area contributed by atoms with Crippen LogP contribution in [0.4, 0.5) is 5.82 Å². The van der Waals surface area contributed by atoms with Crippen LogP contribution in [-0.2, 0) is 27.1 Å². The number of piperazine rings is 1. The third kappa shape index (κ3) is 4.31. The van der Waals surface area contributed by atoms with Crippen molar-refractivity contribution < 1.29 is 0 Å². The lowest BCUT2D eigenvalue weighted by Gasteiger charge is -2.47. The molecule has 3 aromatic heterocycles. The minimum atomic E-state index is -0.330. The zero-order valence-corrected chi connectivity index (χ0v) is 23.8.